The maximum atomic E-state index is 11.9. The fourth-order valence-electron chi connectivity index (χ4n) is 1.91. The number of hydrogen-bond acceptors (Lipinski definition) is 3. The molecule has 0 aliphatic heterocycles. The molecule has 0 radical (unpaired) electrons. The molecule has 1 unspecified atom stereocenters. The quantitative estimate of drug-likeness (QED) is 0.675. The Hall–Kier alpha value is -1.39. The van der Waals surface area contributed by atoms with Crippen molar-refractivity contribution in [2.45, 2.75) is 38.8 Å². The van der Waals surface area contributed by atoms with Crippen molar-refractivity contribution in [1.82, 2.24) is 5.32 Å². The van der Waals surface area contributed by atoms with Crippen LogP contribution in [0.25, 0.3) is 0 Å². The van der Waals surface area contributed by atoms with Gasteiger partial charge in [0, 0.05) is 19.2 Å². The van der Waals surface area contributed by atoms with Crippen LogP contribution >= 0.6 is 0 Å². The van der Waals surface area contributed by atoms with Crippen molar-refractivity contribution in [3.05, 3.63) is 35.4 Å². The van der Waals surface area contributed by atoms with Crippen LogP contribution in [0.4, 0.5) is 0 Å². The lowest BCUT2D eigenvalue weighted by molar-refractivity contribution is -0.121. The van der Waals surface area contributed by atoms with Crippen molar-refractivity contribution < 1.29 is 9.90 Å². The van der Waals surface area contributed by atoms with Crippen molar-refractivity contribution in [1.29, 1.82) is 0 Å². The van der Waals surface area contributed by atoms with Crippen LogP contribution in [-0.4, -0.2) is 23.7 Å². The number of rotatable bonds is 7. The average molecular weight is 250 g/mol. The van der Waals surface area contributed by atoms with Crippen molar-refractivity contribution >= 4 is 5.91 Å². The van der Waals surface area contributed by atoms with E-state index in [1.54, 1.807) is 0 Å². The summed E-state index contributed by atoms with van der Waals surface area (Å²) in [5.41, 5.74) is 7.61. The average Bonchev–Trinajstić information content (AvgIpc) is 2.38. The van der Waals surface area contributed by atoms with Gasteiger partial charge in [0.25, 0.3) is 0 Å². The van der Waals surface area contributed by atoms with Gasteiger partial charge in [-0.2, -0.15) is 0 Å². The summed E-state index contributed by atoms with van der Waals surface area (Å²) in [6.07, 6.45) is 1.76. The van der Waals surface area contributed by atoms with E-state index in [0.29, 0.717) is 19.4 Å². The van der Waals surface area contributed by atoms with Crippen molar-refractivity contribution in [3.8, 4) is 0 Å². The number of amides is 1. The summed E-state index contributed by atoms with van der Waals surface area (Å²) < 4.78 is 0. The molecule has 100 valence electrons. The summed E-state index contributed by atoms with van der Waals surface area (Å²) in [5.74, 6) is -0.0174. The van der Waals surface area contributed by atoms with E-state index in [2.05, 4.69) is 5.32 Å². The molecule has 0 spiro atoms. The topological polar surface area (TPSA) is 75.3 Å². The lowest BCUT2D eigenvalue weighted by Gasteiger charge is -2.16. The highest BCUT2D eigenvalue weighted by Gasteiger charge is 2.11. The molecule has 18 heavy (non-hydrogen) atoms. The van der Waals surface area contributed by atoms with Gasteiger partial charge in [0.15, 0.2) is 0 Å². The highest BCUT2D eigenvalue weighted by atomic mass is 16.3. The maximum Gasteiger partial charge on any atom is 0.224 e. The molecule has 4 heteroatoms. The molecule has 4 nitrogen and oxygen atoms in total. The second-order valence-corrected chi connectivity index (χ2v) is 4.33. The summed E-state index contributed by atoms with van der Waals surface area (Å²) in [6, 6.07) is 7.74. The summed E-state index contributed by atoms with van der Waals surface area (Å²) >= 11 is 0. The number of nitrogens with two attached hydrogens (primary N) is 1. The standard InChI is InChI=1S/C14H22N2O2/c1-2-13(7-8-17)16-14(18)9-11-5-3-4-6-12(11)10-15/h3-6,13,17H,2,7-10,15H2,1H3,(H,16,18). The van der Waals surface area contributed by atoms with Gasteiger partial charge in [0.05, 0.1) is 6.42 Å². The van der Waals surface area contributed by atoms with Gasteiger partial charge in [-0.1, -0.05) is 31.2 Å². The Morgan fingerprint density at radius 3 is 2.61 bits per heavy atom. The minimum atomic E-state index is -0.0174. The molecule has 1 rings (SSSR count). The zero-order chi connectivity index (χ0) is 13.4. The van der Waals surface area contributed by atoms with E-state index in [0.717, 1.165) is 17.5 Å². The largest absolute Gasteiger partial charge is 0.396 e. The fourth-order valence-corrected chi connectivity index (χ4v) is 1.91. The summed E-state index contributed by atoms with van der Waals surface area (Å²) in [4.78, 5) is 11.9. The van der Waals surface area contributed by atoms with Gasteiger partial charge < -0.3 is 16.2 Å². The summed E-state index contributed by atoms with van der Waals surface area (Å²) in [6.45, 7) is 2.53. The highest BCUT2D eigenvalue weighted by molar-refractivity contribution is 5.79. The number of carbonyl (C=O) groups is 1. The van der Waals surface area contributed by atoms with Crippen LogP contribution in [0.2, 0.25) is 0 Å². The van der Waals surface area contributed by atoms with Crippen LogP contribution in [0.1, 0.15) is 30.9 Å². The van der Waals surface area contributed by atoms with Gasteiger partial charge in [0.1, 0.15) is 0 Å². The second kappa shape index (κ2) is 7.84. The molecule has 0 aliphatic carbocycles. The lowest BCUT2D eigenvalue weighted by Crippen LogP contribution is -2.36. The smallest absolute Gasteiger partial charge is 0.224 e. The Labute approximate surface area is 108 Å². The molecule has 0 bridgehead atoms. The van der Waals surface area contributed by atoms with E-state index in [4.69, 9.17) is 10.8 Å². The molecule has 0 heterocycles. The number of carbonyl (C=O) groups excluding carboxylic acids is 1. The normalized spacial score (nSPS) is 12.2. The first-order valence-electron chi connectivity index (χ1n) is 6.38. The van der Waals surface area contributed by atoms with Crippen LogP contribution in [0, 0.1) is 0 Å². The molecule has 1 aromatic rings. The summed E-state index contributed by atoms with van der Waals surface area (Å²) in [7, 11) is 0. The Kier molecular flexibility index (Phi) is 6.39. The third-order valence-corrected chi connectivity index (χ3v) is 3.02. The molecule has 0 saturated carbocycles. The number of hydrogen-bond donors (Lipinski definition) is 3. The van der Waals surface area contributed by atoms with Crippen molar-refractivity contribution in [3.63, 3.8) is 0 Å². The molecular weight excluding hydrogens is 228 g/mol. The predicted molar refractivity (Wildman–Crippen MR) is 72.0 cm³/mol. The van der Waals surface area contributed by atoms with Gasteiger partial charge >= 0.3 is 0 Å². The van der Waals surface area contributed by atoms with Gasteiger partial charge in [-0.3, -0.25) is 4.79 Å². The van der Waals surface area contributed by atoms with Gasteiger partial charge in [-0.25, -0.2) is 0 Å². The molecule has 0 fully saturated rings. The Morgan fingerprint density at radius 2 is 2.06 bits per heavy atom. The van der Waals surface area contributed by atoms with Gasteiger partial charge in [0.2, 0.25) is 5.91 Å². The fraction of sp³-hybridized carbons (Fsp3) is 0.500. The molecule has 0 aliphatic rings. The van der Waals surface area contributed by atoms with E-state index in [9.17, 15) is 4.79 Å². The molecule has 0 aromatic heterocycles. The minimum absolute atomic E-state index is 0.0174. The van der Waals surface area contributed by atoms with Crippen LogP contribution in [-0.2, 0) is 17.8 Å². The van der Waals surface area contributed by atoms with Crippen LogP contribution in [0.15, 0.2) is 24.3 Å². The van der Waals surface area contributed by atoms with E-state index in [-0.39, 0.29) is 18.6 Å². The zero-order valence-electron chi connectivity index (χ0n) is 10.9. The number of aliphatic hydroxyl groups excluding tert-OH is 1. The third kappa shape index (κ3) is 4.47. The molecule has 0 saturated heterocycles. The molecular formula is C14H22N2O2. The van der Waals surface area contributed by atoms with Gasteiger partial charge in [-0.15, -0.1) is 0 Å². The van der Waals surface area contributed by atoms with Gasteiger partial charge in [-0.05, 0) is 24.0 Å². The van der Waals surface area contributed by atoms with Crippen LogP contribution in [0.5, 0.6) is 0 Å². The number of nitrogens with one attached hydrogen (secondary N) is 1. The number of aliphatic hydroxyl groups is 1. The van der Waals surface area contributed by atoms with E-state index in [1.165, 1.54) is 0 Å². The number of benzene rings is 1. The lowest BCUT2D eigenvalue weighted by atomic mass is 10.0. The van der Waals surface area contributed by atoms with Crippen molar-refractivity contribution in [2.75, 3.05) is 6.61 Å². The van der Waals surface area contributed by atoms with E-state index < -0.39 is 0 Å². The maximum absolute atomic E-state index is 11.9. The van der Waals surface area contributed by atoms with E-state index >= 15 is 0 Å². The van der Waals surface area contributed by atoms with Crippen molar-refractivity contribution in [2.24, 2.45) is 5.73 Å². The Morgan fingerprint density at radius 1 is 1.39 bits per heavy atom. The zero-order valence-corrected chi connectivity index (χ0v) is 10.9. The first-order chi connectivity index (χ1) is 8.71. The third-order valence-electron chi connectivity index (χ3n) is 3.02. The highest BCUT2D eigenvalue weighted by Crippen LogP contribution is 2.09. The minimum Gasteiger partial charge on any atom is -0.396 e. The SMILES string of the molecule is CCC(CCO)NC(=O)Cc1ccccc1CN. The molecule has 4 N–H and O–H groups in total. The second-order valence-electron chi connectivity index (χ2n) is 4.33. The first-order valence-corrected chi connectivity index (χ1v) is 6.38. The molecule has 1 aromatic carbocycles. The van der Waals surface area contributed by atoms with Crippen LogP contribution in [0.3, 0.4) is 0 Å². The molecule has 1 atom stereocenters. The Balaban J connectivity index is 2.58. The van der Waals surface area contributed by atoms with Crippen LogP contribution < -0.4 is 11.1 Å². The predicted octanol–water partition coefficient (Wildman–Crippen LogP) is 0.965. The molecule has 1 amide bonds. The van der Waals surface area contributed by atoms with E-state index in [1.807, 2.05) is 31.2 Å². The summed E-state index contributed by atoms with van der Waals surface area (Å²) in [5, 5.41) is 11.8. The Bertz CT molecular complexity index is 380. The monoisotopic (exact) mass is 250 g/mol. The first kappa shape index (κ1) is 14.7.